The molecule has 2 amide bonds. The summed E-state index contributed by atoms with van der Waals surface area (Å²) in [5.74, 6) is 0. The van der Waals surface area contributed by atoms with Gasteiger partial charge >= 0.3 is 6.03 Å². The number of amides is 2. The van der Waals surface area contributed by atoms with Gasteiger partial charge in [0.05, 0.1) is 6.61 Å². The lowest BCUT2D eigenvalue weighted by Gasteiger charge is -2.19. The zero-order chi connectivity index (χ0) is 17.4. The zero-order valence-electron chi connectivity index (χ0n) is 14.7. The Morgan fingerprint density at radius 1 is 1.04 bits per heavy atom. The van der Waals surface area contributed by atoms with E-state index in [9.17, 15) is 4.79 Å². The van der Waals surface area contributed by atoms with Crippen LogP contribution in [0.15, 0.2) is 48.5 Å². The van der Waals surface area contributed by atoms with Crippen LogP contribution in [0.3, 0.4) is 0 Å². The molecular weight excluding hydrogens is 300 g/mol. The van der Waals surface area contributed by atoms with Crippen LogP contribution in [0.2, 0.25) is 0 Å². The third kappa shape index (κ3) is 5.39. The molecule has 0 heterocycles. The van der Waals surface area contributed by atoms with Crippen LogP contribution in [0.1, 0.15) is 23.1 Å². The quantitative estimate of drug-likeness (QED) is 0.767. The molecule has 2 aromatic rings. The third-order valence-electron chi connectivity index (χ3n) is 3.95. The minimum absolute atomic E-state index is 0.0875. The highest BCUT2D eigenvalue weighted by Gasteiger charge is 2.11. The number of nitrogens with one attached hydrogen (secondary N) is 1. The van der Waals surface area contributed by atoms with Crippen molar-refractivity contribution in [1.29, 1.82) is 0 Å². The number of urea groups is 1. The highest BCUT2D eigenvalue weighted by molar-refractivity contribution is 5.90. The van der Waals surface area contributed by atoms with Crippen molar-refractivity contribution in [3.05, 3.63) is 65.2 Å². The average Bonchev–Trinajstić information content (AvgIpc) is 2.58. The Labute approximate surface area is 144 Å². The van der Waals surface area contributed by atoms with Gasteiger partial charge in [0.25, 0.3) is 0 Å². The molecule has 0 unspecified atom stereocenters. The first kappa shape index (κ1) is 18.0. The summed E-state index contributed by atoms with van der Waals surface area (Å²) in [7, 11) is 1.81. The zero-order valence-corrected chi connectivity index (χ0v) is 14.7. The van der Waals surface area contributed by atoms with Crippen molar-refractivity contribution in [3.63, 3.8) is 0 Å². The Hall–Kier alpha value is -2.33. The fourth-order valence-corrected chi connectivity index (χ4v) is 2.48. The van der Waals surface area contributed by atoms with Gasteiger partial charge in [-0.3, -0.25) is 0 Å². The van der Waals surface area contributed by atoms with Crippen molar-refractivity contribution in [1.82, 2.24) is 4.90 Å². The summed E-state index contributed by atoms with van der Waals surface area (Å²) >= 11 is 0. The number of anilines is 1. The van der Waals surface area contributed by atoms with E-state index in [2.05, 4.69) is 5.32 Å². The SMILES string of the molecule is Cc1cccc(C)c1NC(=O)N(C)CCCOCc1ccccc1. The summed E-state index contributed by atoms with van der Waals surface area (Å²) in [5.41, 5.74) is 4.21. The van der Waals surface area contributed by atoms with Gasteiger partial charge in [0.15, 0.2) is 0 Å². The van der Waals surface area contributed by atoms with Crippen molar-refractivity contribution in [2.24, 2.45) is 0 Å². The number of hydrogen-bond donors (Lipinski definition) is 1. The second-order valence-corrected chi connectivity index (χ2v) is 6.01. The lowest BCUT2D eigenvalue weighted by Crippen LogP contribution is -2.33. The van der Waals surface area contributed by atoms with Gasteiger partial charge in [-0.2, -0.15) is 0 Å². The molecule has 0 spiro atoms. The largest absolute Gasteiger partial charge is 0.377 e. The Bertz CT molecular complexity index is 636. The van der Waals surface area contributed by atoms with Crippen molar-refractivity contribution in [2.75, 3.05) is 25.5 Å². The lowest BCUT2D eigenvalue weighted by atomic mass is 10.1. The van der Waals surface area contributed by atoms with E-state index in [0.29, 0.717) is 19.8 Å². The summed E-state index contributed by atoms with van der Waals surface area (Å²) in [6.07, 6.45) is 0.809. The second kappa shape index (κ2) is 9.08. The van der Waals surface area contributed by atoms with E-state index in [1.807, 2.05) is 62.4 Å². The van der Waals surface area contributed by atoms with E-state index in [4.69, 9.17) is 4.74 Å². The first-order valence-corrected chi connectivity index (χ1v) is 8.28. The Morgan fingerprint density at radius 2 is 1.71 bits per heavy atom. The highest BCUT2D eigenvalue weighted by Crippen LogP contribution is 2.19. The molecule has 0 radical (unpaired) electrons. The minimum Gasteiger partial charge on any atom is -0.377 e. The summed E-state index contributed by atoms with van der Waals surface area (Å²) in [5, 5.41) is 2.99. The molecule has 0 aromatic heterocycles. The Balaban J connectivity index is 1.70. The first-order chi connectivity index (χ1) is 11.6. The van der Waals surface area contributed by atoms with Crippen molar-refractivity contribution in [3.8, 4) is 0 Å². The highest BCUT2D eigenvalue weighted by atomic mass is 16.5. The fraction of sp³-hybridized carbons (Fsp3) is 0.350. The summed E-state index contributed by atoms with van der Waals surface area (Å²) in [6, 6.07) is 16.0. The van der Waals surface area contributed by atoms with Crippen molar-refractivity contribution in [2.45, 2.75) is 26.9 Å². The molecular formula is C20H26N2O2. The first-order valence-electron chi connectivity index (χ1n) is 8.28. The molecule has 0 atom stereocenters. The standard InChI is InChI=1S/C20H26N2O2/c1-16-9-7-10-17(2)19(16)21-20(23)22(3)13-8-14-24-15-18-11-5-4-6-12-18/h4-7,9-12H,8,13-15H2,1-3H3,(H,21,23). The van der Waals surface area contributed by atoms with Crippen LogP contribution in [0.4, 0.5) is 10.5 Å². The van der Waals surface area contributed by atoms with Crippen molar-refractivity contribution < 1.29 is 9.53 Å². The smallest absolute Gasteiger partial charge is 0.321 e. The third-order valence-corrected chi connectivity index (χ3v) is 3.95. The van der Waals surface area contributed by atoms with Gasteiger partial charge in [0.2, 0.25) is 0 Å². The number of aryl methyl sites for hydroxylation is 2. The van der Waals surface area contributed by atoms with Gasteiger partial charge in [0.1, 0.15) is 0 Å². The predicted octanol–water partition coefficient (Wildman–Crippen LogP) is 4.37. The molecule has 128 valence electrons. The maximum atomic E-state index is 12.3. The number of rotatable bonds is 7. The Kier molecular flexibility index (Phi) is 6.82. The lowest BCUT2D eigenvalue weighted by molar-refractivity contribution is 0.113. The van der Waals surface area contributed by atoms with Crippen LogP contribution in [0.5, 0.6) is 0 Å². The van der Waals surface area contributed by atoms with Crippen LogP contribution >= 0.6 is 0 Å². The van der Waals surface area contributed by atoms with Gasteiger partial charge in [-0.15, -0.1) is 0 Å². The molecule has 0 aliphatic carbocycles. The molecule has 0 saturated carbocycles. The summed E-state index contributed by atoms with van der Waals surface area (Å²) in [6.45, 7) is 5.90. The molecule has 0 saturated heterocycles. The van der Waals surface area contributed by atoms with Crippen LogP contribution in [0.25, 0.3) is 0 Å². The second-order valence-electron chi connectivity index (χ2n) is 6.01. The molecule has 2 rings (SSSR count). The van der Waals surface area contributed by atoms with Gasteiger partial charge in [-0.25, -0.2) is 4.79 Å². The molecule has 4 nitrogen and oxygen atoms in total. The summed E-state index contributed by atoms with van der Waals surface area (Å²) in [4.78, 5) is 14.0. The molecule has 0 fully saturated rings. The Morgan fingerprint density at radius 3 is 2.38 bits per heavy atom. The maximum Gasteiger partial charge on any atom is 0.321 e. The number of carbonyl (C=O) groups excluding carboxylic acids is 1. The number of hydrogen-bond acceptors (Lipinski definition) is 2. The number of ether oxygens (including phenoxy) is 1. The van der Waals surface area contributed by atoms with Gasteiger partial charge in [0, 0.05) is 25.9 Å². The van der Waals surface area contributed by atoms with E-state index in [0.717, 1.165) is 23.2 Å². The number of nitrogens with zero attached hydrogens (tertiary/aromatic N) is 1. The number of para-hydroxylation sites is 1. The van der Waals surface area contributed by atoms with E-state index in [-0.39, 0.29) is 6.03 Å². The average molecular weight is 326 g/mol. The molecule has 24 heavy (non-hydrogen) atoms. The van der Waals surface area contributed by atoms with E-state index >= 15 is 0 Å². The van der Waals surface area contributed by atoms with Gasteiger partial charge in [-0.05, 0) is 37.0 Å². The predicted molar refractivity (Wildman–Crippen MR) is 98.3 cm³/mol. The maximum absolute atomic E-state index is 12.3. The van der Waals surface area contributed by atoms with Crippen LogP contribution in [-0.4, -0.2) is 31.1 Å². The summed E-state index contributed by atoms with van der Waals surface area (Å²) < 4.78 is 5.65. The molecule has 4 heteroatoms. The van der Waals surface area contributed by atoms with Gasteiger partial charge < -0.3 is 15.0 Å². The molecule has 0 aliphatic rings. The number of benzene rings is 2. The van der Waals surface area contributed by atoms with E-state index in [1.54, 1.807) is 11.9 Å². The topological polar surface area (TPSA) is 41.6 Å². The minimum atomic E-state index is -0.0875. The monoisotopic (exact) mass is 326 g/mol. The van der Waals surface area contributed by atoms with Gasteiger partial charge in [-0.1, -0.05) is 48.5 Å². The molecule has 2 aromatic carbocycles. The molecule has 1 N–H and O–H groups in total. The number of carbonyl (C=O) groups is 1. The van der Waals surface area contributed by atoms with Crippen LogP contribution in [-0.2, 0) is 11.3 Å². The van der Waals surface area contributed by atoms with E-state index < -0.39 is 0 Å². The molecule has 0 aliphatic heterocycles. The van der Waals surface area contributed by atoms with E-state index in [1.165, 1.54) is 5.56 Å². The van der Waals surface area contributed by atoms with Crippen LogP contribution in [0, 0.1) is 13.8 Å². The normalized spacial score (nSPS) is 10.5. The molecule has 0 bridgehead atoms. The fourth-order valence-electron chi connectivity index (χ4n) is 2.48. The van der Waals surface area contributed by atoms with Crippen LogP contribution < -0.4 is 5.32 Å². The van der Waals surface area contributed by atoms with Crippen molar-refractivity contribution >= 4 is 11.7 Å².